The van der Waals surface area contributed by atoms with Crippen LogP contribution in [-0.4, -0.2) is 76.4 Å². The normalized spacial score (nSPS) is 19.4. The monoisotopic (exact) mass is 595 g/mol. The Hall–Kier alpha value is -3.40. The van der Waals surface area contributed by atoms with Gasteiger partial charge in [0, 0.05) is 56.1 Å². The number of thioether (sulfide) groups is 1. The largest absolute Gasteiger partial charge is 0.497 e. The number of carbonyl (C=O) groups is 2. The summed E-state index contributed by atoms with van der Waals surface area (Å²) in [6.45, 7) is 5.88. The minimum atomic E-state index is -1.00. The van der Waals surface area contributed by atoms with Crippen molar-refractivity contribution in [3.8, 4) is 11.5 Å². The third-order valence-electron chi connectivity index (χ3n) is 7.43. The van der Waals surface area contributed by atoms with Crippen LogP contribution in [0.4, 0.5) is 11.4 Å². The van der Waals surface area contributed by atoms with Crippen LogP contribution in [0.5, 0.6) is 11.5 Å². The van der Waals surface area contributed by atoms with Gasteiger partial charge in [-0.15, -0.1) is 11.8 Å². The average Bonchev–Trinajstić information content (AvgIpc) is 3.10. The van der Waals surface area contributed by atoms with E-state index in [1.165, 1.54) is 18.7 Å². The summed E-state index contributed by atoms with van der Waals surface area (Å²) in [6, 6.07) is 21.1. The van der Waals surface area contributed by atoms with Crippen LogP contribution in [0.15, 0.2) is 71.6 Å². The predicted octanol–water partition coefficient (Wildman–Crippen LogP) is 5.29. The Balaban J connectivity index is 1.36. The summed E-state index contributed by atoms with van der Waals surface area (Å²) in [5.74, 6) is 0.825. The standard InChI is InChI=1S/C31H34ClN3O5S/c1-21(36)40-29-30(22-8-11-24(38-2)12-9-22)41-28-20-23(32)10-13-26(28)35(31(29)37)19-16-33-14-17-34(18-15-33)25-6-4-5-7-27(25)39-3/h4-13,20,29-30H,14-19H2,1-3H3. The van der Waals surface area contributed by atoms with E-state index in [-0.39, 0.29) is 5.91 Å². The second-order valence-corrected chi connectivity index (χ2v) is 11.6. The molecule has 2 aliphatic rings. The number of hydrogen-bond acceptors (Lipinski definition) is 8. The Morgan fingerprint density at radius 2 is 1.66 bits per heavy atom. The summed E-state index contributed by atoms with van der Waals surface area (Å²) >= 11 is 7.89. The number of halogens is 1. The Bertz CT molecular complexity index is 1380. The summed E-state index contributed by atoms with van der Waals surface area (Å²) in [5, 5.41) is 0.124. The number of hydrogen-bond donors (Lipinski definition) is 0. The highest BCUT2D eigenvalue weighted by Gasteiger charge is 2.41. The van der Waals surface area contributed by atoms with Gasteiger partial charge in [0.05, 0.1) is 30.8 Å². The van der Waals surface area contributed by atoms with Crippen LogP contribution in [-0.2, 0) is 14.3 Å². The highest BCUT2D eigenvalue weighted by molar-refractivity contribution is 7.99. The quantitative estimate of drug-likeness (QED) is 0.325. The van der Waals surface area contributed by atoms with E-state index < -0.39 is 17.3 Å². The van der Waals surface area contributed by atoms with E-state index in [1.807, 2.05) is 54.6 Å². The molecule has 216 valence electrons. The second kappa shape index (κ2) is 13.1. The van der Waals surface area contributed by atoms with Crippen LogP contribution in [0.1, 0.15) is 17.7 Å². The molecule has 0 radical (unpaired) electrons. The van der Waals surface area contributed by atoms with Crippen molar-refractivity contribution in [2.75, 3.05) is 63.3 Å². The fourth-order valence-corrected chi connectivity index (χ4v) is 6.90. The third kappa shape index (κ3) is 6.58. The number of para-hydroxylation sites is 2. The molecule has 1 saturated heterocycles. The lowest BCUT2D eigenvalue weighted by Crippen LogP contribution is -2.50. The van der Waals surface area contributed by atoms with Gasteiger partial charge in [-0.3, -0.25) is 14.5 Å². The Morgan fingerprint density at radius 3 is 2.34 bits per heavy atom. The summed E-state index contributed by atoms with van der Waals surface area (Å²) in [4.78, 5) is 33.7. The van der Waals surface area contributed by atoms with Crippen LogP contribution in [0.25, 0.3) is 0 Å². The first-order chi connectivity index (χ1) is 19.9. The zero-order valence-corrected chi connectivity index (χ0v) is 25.0. The van der Waals surface area contributed by atoms with Crippen molar-refractivity contribution >= 4 is 46.6 Å². The summed E-state index contributed by atoms with van der Waals surface area (Å²) in [7, 11) is 3.30. The fraction of sp³-hybridized carbons (Fsp3) is 0.355. The Kier molecular flexibility index (Phi) is 9.27. The molecule has 2 atom stereocenters. The fourth-order valence-electron chi connectivity index (χ4n) is 5.31. The van der Waals surface area contributed by atoms with Crippen molar-refractivity contribution in [3.63, 3.8) is 0 Å². The SMILES string of the molecule is COc1ccc(C2Sc3cc(Cl)ccc3N(CCN3CCN(c4ccccc4OC)CC3)C(=O)C2OC(C)=O)cc1. The summed E-state index contributed by atoms with van der Waals surface area (Å²) < 4.78 is 16.6. The summed E-state index contributed by atoms with van der Waals surface area (Å²) in [5.41, 5.74) is 2.72. The molecule has 10 heteroatoms. The maximum absolute atomic E-state index is 14.2. The van der Waals surface area contributed by atoms with Gasteiger partial charge in [-0.2, -0.15) is 0 Å². The maximum atomic E-state index is 14.2. The van der Waals surface area contributed by atoms with Crippen LogP contribution < -0.4 is 19.3 Å². The lowest BCUT2D eigenvalue weighted by atomic mass is 10.1. The maximum Gasteiger partial charge on any atom is 0.303 e. The molecule has 2 heterocycles. The first-order valence-electron chi connectivity index (χ1n) is 13.6. The van der Waals surface area contributed by atoms with E-state index >= 15 is 0 Å². The number of anilines is 2. The minimum absolute atomic E-state index is 0.248. The van der Waals surface area contributed by atoms with Crippen LogP contribution in [0.3, 0.4) is 0 Å². The van der Waals surface area contributed by atoms with Crippen molar-refractivity contribution in [3.05, 3.63) is 77.3 Å². The van der Waals surface area contributed by atoms with E-state index in [0.29, 0.717) is 23.9 Å². The smallest absolute Gasteiger partial charge is 0.303 e. The van der Waals surface area contributed by atoms with E-state index in [1.54, 1.807) is 25.2 Å². The molecule has 41 heavy (non-hydrogen) atoms. The molecular formula is C31H34ClN3O5S. The molecule has 0 bridgehead atoms. The molecule has 2 aliphatic heterocycles. The highest BCUT2D eigenvalue weighted by Crippen LogP contribution is 2.47. The number of piperazine rings is 1. The molecule has 5 rings (SSSR count). The molecular weight excluding hydrogens is 562 g/mol. The number of nitrogens with zero attached hydrogens (tertiary/aromatic N) is 3. The number of fused-ring (bicyclic) bond motifs is 1. The first kappa shape index (κ1) is 29.1. The van der Waals surface area contributed by atoms with Gasteiger partial charge in [0.15, 0.2) is 6.10 Å². The van der Waals surface area contributed by atoms with Crippen LogP contribution >= 0.6 is 23.4 Å². The van der Waals surface area contributed by atoms with Gasteiger partial charge in [-0.25, -0.2) is 0 Å². The number of esters is 1. The van der Waals surface area contributed by atoms with E-state index in [0.717, 1.165) is 53.8 Å². The first-order valence-corrected chi connectivity index (χ1v) is 14.8. The molecule has 3 aromatic carbocycles. The molecule has 0 saturated carbocycles. The van der Waals surface area contributed by atoms with Crippen molar-refractivity contribution in [2.45, 2.75) is 23.2 Å². The molecule has 0 spiro atoms. The van der Waals surface area contributed by atoms with Gasteiger partial charge >= 0.3 is 5.97 Å². The molecule has 0 aromatic heterocycles. The number of rotatable bonds is 8. The number of amides is 1. The van der Waals surface area contributed by atoms with E-state index in [4.69, 9.17) is 25.8 Å². The van der Waals surface area contributed by atoms with Crippen LogP contribution in [0.2, 0.25) is 5.02 Å². The Labute approximate surface area is 250 Å². The zero-order valence-electron chi connectivity index (χ0n) is 23.4. The van der Waals surface area contributed by atoms with Crippen molar-refractivity contribution in [1.29, 1.82) is 0 Å². The average molecular weight is 596 g/mol. The lowest BCUT2D eigenvalue weighted by Gasteiger charge is -2.37. The number of benzene rings is 3. The predicted molar refractivity (Wildman–Crippen MR) is 163 cm³/mol. The van der Waals surface area contributed by atoms with Gasteiger partial charge in [0.2, 0.25) is 0 Å². The van der Waals surface area contributed by atoms with Crippen LogP contribution in [0, 0.1) is 0 Å². The van der Waals surface area contributed by atoms with Gasteiger partial charge in [0.25, 0.3) is 5.91 Å². The molecule has 0 aliphatic carbocycles. The third-order valence-corrected chi connectivity index (χ3v) is 9.02. The van der Waals surface area contributed by atoms with E-state index in [9.17, 15) is 9.59 Å². The number of carbonyl (C=O) groups excluding carboxylic acids is 2. The molecule has 1 amide bonds. The molecule has 0 N–H and O–H groups in total. The van der Waals surface area contributed by atoms with Crippen molar-refractivity contribution < 1.29 is 23.8 Å². The van der Waals surface area contributed by atoms with E-state index in [2.05, 4.69) is 15.9 Å². The van der Waals surface area contributed by atoms with Gasteiger partial charge in [0.1, 0.15) is 11.5 Å². The van der Waals surface area contributed by atoms with Gasteiger partial charge in [-0.1, -0.05) is 35.9 Å². The Morgan fingerprint density at radius 1 is 0.927 bits per heavy atom. The minimum Gasteiger partial charge on any atom is -0.497 e. The van der Waals surface area contributed by atoms with Crippen molar-refractivity contribution in [1.82, 2.24) is 4.90 Å². The van der Waals surface area contributed by atoms with Gasteiger partial charge < -0.3 is 24.0 Å². The lowest BCUT2D eigenvalue weighted by molar-refractivity contribution is -0.152. The molecule has 2 unspecified atom stereocenters. The second-order valence-electron chi connectivity index (χ2n) is 9.94. The molecule has 1 fully saturated rings. The molecule has 8 nitrogen and oxygen atoms in total. The van der Waals surface area contributed by atoms with Crippen molar-refractivity contribution in [2.24, 2.45) is 0 Å². The topological polar surface area (TPSA) is 71.6 Å². The number of methoxy groups -OCH3 is 2. The highest BCUT2D eigenvalue weighted by atomic mass is 35.5. The zero-order chi connectivity index (χ0) is 28.9. The summed E-state index contributed by atoms with van der Waals surface area (Å²) in [6.07, 6.45) is -1.00. The molecule has 3 aromatic rings. The number of ether oxygens (including phenoxy) is 3. The van der Waals surface area contributed by atoms with Gasteiger partial charge in [-0.05, 0) is 48.0 Å².